The highest BCUT2D eigenvalue weighted by molar-refractivity contribution is 7.92. The summed E-state index contributed by atoms with van der Waals surface area (Å²) in [5.74, 6) is -3.88. The molecule has 9 heteroatoms. The second-order valence-corrected chi connectivity index (χ2v) is 6.24. The first-order valence-corrected chi connectivity index (χ1v) is 7.72. The fourth-order valence-corrected chi connectivity index (χ4v) is 2.80. The van der Waals surface area contributed by atoms with Crippen LogP contribution in [0.5, 0.6) is 0 Å². The summed E-state index contributed by atoms with van der Waals surface area (Å²) in [5, 5.41) is 2.36. The molecular weight excluding hydrogens is 333 g/mol. The number of amides is 1. The van der Waals surface area contributed by atoms with E-state index in [1.807, 2.05) is 4.72 Å². The van der Waals surface area contributed by atoms with Crippen LogP contribution >= 0.6 is 0 Å². The van der Waals surface area contributed by atoms with Gasteiger partial charge in [-0.3, -0.25) is 9.52 Å². The molecule has 0 unspecified atom stereocenters. The summed E-state index contributed by atoms with van der Waals surface area (Å²) in [5.41, 5.74) is -0.275. The third-order valence-electron chi connectivity index (χ3n) is 2.73. The smallest absolute Gasteiger partial charge is 0.262 e. The van der Waals surface area contributed by atoms with Gasteiger partial charge in [0.2, 0.25) is 5.91 Å². The monoisotopic (exact) mass is 344 g/mol. The van der Waals surface area contributed by atoms with Crippen LogP contribution < -0.4 is 10.0 Å². The first-order valence-electron chi connectivity index (χ1n) is 6.24. The average Bonchev–Trinajstić information content (AvgIpc) is 2.44. The molecule has 0 aliphatic rings. The first-order chi connectivity index (χ1) is 10.7. The molecule has 1 amide bonds. The van der Waals surface area contributed by atoms with Gasteiger partial charge in [0.25, 0.3) is 10.0 Å². The lowest BCUT2D eigenvalue weighted by Crippen LogP contribution is -2.15. The van der Waals surface area contributed by atoms with Gasteiger partial charge < -0.3 is 5.32 Å². The van der Waals surface area contributed by atoms with Crippen LogP contribution in [0.1, 0.15) is 6.92 Å². The molecule has 122 valence electrons. The van der Waals surface area contributed by atoms with E-state index < -0.39 is 44.0 Å². The minimum Gasteiger partial charge on any atom is -0.326 e. The first kappa shape index (κ1) is 16.8. The van der Waals surface area contributed by atoms with Gasteiger partial charge in [-0.2, -0.15) is 0 Å². The number of hydrogen-bond acceptors (Lipinski definition) is 3. The van der Waals surface area contributed by atoms with Crippen LogP contribution in [0.2, 0.25) is 0 Å². The highest BCUT2D eigenvalue weighted by Gasteiger charge is 2.18. The predicted molar refractivity (Wildman–Crippen MR) is 77.9 cm³/mol. The number of rotatable bonds is 4. The number of hydrogen-bond donors (Lipinski definition) is 2. The van der Waals surface area contributed by atoms with E-state index in [9.17, 15) is 26.4 Å². The van der Waals surface area contributed by atoms with Gasteiger partial charge in [-0.25, -0.2) is 21.6 Å². The van der Waals surface area contributed by atoms with E-state index in [1.165, 1.54) is 13.0 Å². The molecule has 0 bridgehead atoms. The van der Waals surface area contributed by atoms with Crippen LogP contribution in [0.3, 0.4) is 0 Å². The van der Waals surface area contributed by atoms with E-state index in [0.717, 1.165) is 18.2 Å². The molecule has 23 heavy (non-hydrogen) atoms. The normalized spacial score (nSPS) is 11.1. The zero-order chi connectivity index (χ0) is 17.2. The van der Waals surface area contributed by atoms with Crippen LogP contribution in [-0.2, 0) is 14.8 Å². The van der Waals surface area contributed by atoms with Crippen molar-refractivity contribution in [1.82, 2.24) is 0 Å². The second-order valence-electron chi connectivity index (χ2n) is 4.56. The average molecular weight is 344 g/mol. The number of anilines is 2. The maximum Gasteiger partial charge on any atom is 0.262 e. The van der Waals surface area contributed by atoms with Crippen molar-refractivity contribution in [3.8, 4) is 0 Å². The Morgan fingerprint density at radius 2 is 1.61 bits per heavy atom. The predicted octanol–water partition coefficient (Wildman–Crippen LogP) is 2.86. The van der Waals surface area contributed by atoms with Crippen molar-refractivity contribution in [2.24, 2.45) is 0 Å². The van der Waals surface area contributed by atoms with Gasteiger partial charge in [-0.1, -0.05) is 0 Å². The lowest BCUT2D eigenvalue weighted by Gasteiger charge is -2.11. The highest BCUT2D eigenvalue weighted by atomic mass is 32.2. The zero-order valence-electron chi connectivity index (χ0n) is 11.7. The molecule has 0 aromatic heterocycles. The minimum atomic E-state index is -4.33. The van der Waals surface area contributed by atoms with Crippen molar-refractivity contribution in [1.29, 1.82) is 0 Å². The molecule has 0 saturated carbocycles. The minimum absolute atomic E-state index is 0.168. The molecule has 0 spiro atoms. The van der Waals surface area contributed by atoms with Crippen molar-refractivity contribution >= 4 is 27.3 Å². The Bertz CT molecular complexity index is 870. The SMILES string of the molecule is CC(=O)Nc1ccc(F)c(NS(=O)(=O)c2ccc(F)c(F)c2)c1. The van der Waals surface area contributed by atoms with Gasteiger partial charge in [0, 0.05) is 12.6 Å². The fraction of sp³-hybridized carbons (Fsp3) is 0.0714. The van der Waals surface area contributed by atoms with E-state index in [-0.39, 0.29) is 5.69 Å². The van der Waals surface area contributed by atoms with Crippen molar-refractivity contribution in [2.75, 3.05) is 10.0 Å². The number of carbonyl (C=O) groups is 1. The number of sulfonamides is 1. The Labute approximate surface area is 130 Å². The lowest BCUT2D eigenvalue weighted by molar-refractivity contribution is -0.114. The van der Waals surface area contributed by atoms with Crippen LogP contribution in [0.15, 0.2) is 41.3 Å². The molecule has 0 aliphatic heterocycles. The largest absolute Gasteiger partial charge is 0.326 e. The quantitative estimate of drug-likeness (QED) is 0.895. The van der Waals surface area contributed by atoms with Crippen LogP contribution in [0.25, 0.3) is 0 Å². The number of halogens is 3. The van der Waals surface area contributed by atoms with Gasteiger partial charge >= 0.3 is 0 Å². The summed E-state index contributed by atoms with van der Waals surface area (Å²) < 4.78 is 65.8. The molecule has 0 heterocycles. The van der Waals surface area contributed by atoms with Crippen LogP contribution in [0.4, 0.5) is 24.5 Å². The van der Waals surface area contributed by atoms with Crippen molar-refractivity contribution in [2.45, 2.75) is 11.8 Å². The molecule has 2 N–H and O–H groups in total. The number of benzene rings is 2. The van der Waals surface area contributed by atoms with E-state index in [4.69, 9.17) is 0 Å². The Kier molecular flexibility index (Phi) is 4.60. The Morgan fingerprint density at radius 3 is 2.22 bits per heavy atom. The fourth-order valence-electron chi connectivity index (χ4n) is 1.73. The Morgan fingerprint density at radius 1 is 0.957 bits per heavy atom. The van der Waals surface area contributed by atoms with Crippen LogP contribution in [-0.4, -0.2) is 14.3 Å². The standard InChI is InChI=1S/C14H11F3N2O3S/c1-8(20)18-9-2-4-12(16)14(6-9)19-23(21,22)10-3-5-11(15)13(17)7-10/h2-7,19H,1H3,(H,18,20). The molecule has 5 nitrogen and oxygen atoms in total. The van der Waals surface area contributed by atoms with Gasteiger partial charge in [-0.15, -0.1) is 0 Å². The molecule has 0 saturated heterocycles. The van der Waals surface area contributed by atoms with Gasteiger partial charge in [-0.05, 0) is 36.4 Å². The van der Waals surface area contributed by atoms with Gasteiger partial charge in [0.1, 0.15) is 5.82 Å². The summed E-state index contributed by atoms with van der Waals surface area (Å²) in [4.78, 5) is 10.4. The molecule has 0 atom stereocenters. The van der Waals surface area contributed by atoms with Gasteiger partial charge in [0.05, 0.1) is 10.6 Å². The third-order valence-corrected chi connectivity index (χ3v) is 4.10. The number of nitrogens with one attached hydrogen (secondary N) is 2. The van der Waals surface area contributed by atoms with E-state index in [0.29, 0.717) is 12.1 Å². The summed E-state index contributed by atoms with van der Waals surface area (Å²) in [7, 11) is -4.33. The van der Waals surface area contributed by atoms with E-state index in [1.54, 1.807) is 0 Å². The lowest BCUT2D eigenvalue weighted by atomic mass is 10.2. The number of carbonyl (C=O) groups excluding carboxylic acids is 1. The van der Waals surface area contributed by atoms with Gasteiger partial charge in [0.15, 0.2) is 11.6 Å². The molecule has 0 fully saturated rings. The molecule has 2 aromatic carbocycles. The topological polar surface area (TPSA) is 75.3 Å². The Hall–Kier alpha value is -2.55. The molecular formula is C14H11F3N2O3S. The molecule has 2 rings (SSSR count). The highest BCUT2D eigenvalue weighted by Crippen LogP contribution is 2.23. The van der Waals surface area contributed by atoms with Crippen molar-refractivity contribution in [3.05, 3.63) is 53.8 Å². The second kappa shape index (κ2) is 6.29. The van der Waals surface area contributed by atoms with Crippen molar-refractivity contribution < 1.29 is 26.4 Å². The van der Waals surface area contributed by atoms with Crippen LogP contribution in [0, 0.1) is 17.5 Å². The summed E-state index contributed by atoms with van der Waals surface area (Å²) >= 11 is 0. The molecule has 0 aliphatic carbocycles. The zero-order valence-corrected chi connectivity index (χ0v) is 12.5. The van der Waals surface area contributed by atoms with E-state index in [2.05, 4.69) is 5.32 Å². The maximum atomic E-state index is 13.7. The van der Waals surface area contributed by atoms with Crippen molar-refractivity contribution in [3.63, 3.8) is 0 Å². The summed E-state index contributed by atoms with van der Waals surface area (Å²) in [6.45, 7) is 1.23. The van der Waals surface area contributed by atoms with E-state index >= 15 is 0 Å². The Balaban J connectivity index is 2.36. The molecule has 0 radical (unpaired) electrons. The molecule has 2 aromatic rings. The third kappa shape index (κ3) is 4.01. The summed E-state index contributed by atoms with van der Waals surface area (Å²) in [6.07, 6.45) is 0. The summed E-state index contributed by atoms with van der Waals surface area (Å²) in [6, 6.07) is 5.23. The maximum absolute atomic E-state index is 13.7.